The fraction of sp³-hybridized carbons (Fsp3) is 0.333. The Bertz CT molecular complexity index is 330. The maximum atomic E-state index is 5.62. The number of nitrogens with one attached hydrogen (secondary N) is 1. The van der Waals surface area contributed by atoms with Crippen LogP contribution in [0.15, 0.2) is 11.1 Å². The first-order valence-corrected chi connectivity index (χ1v) is 3.67. The minimum absolute atomic E-state index is 0. The second kappa shape index (κ2) is 3.65. The summed E-state index contributed by atoms with van der Waals surface area (Å²) in [5.41, 5.74) is 11.1. The average Bonchev–Trinajstić information content (AvgIpc) is 2.58. The molecule has 5 N–H and O–H groups in total. The van der Waals surface area contributed by atoms with Gasteiger partial charge in [0.05, 0.1) is 6.54 Å². The van der Waals surface area contributed by atoms with E-state index in [1.54, 1.807) is 6.07 Å². The second-order valence-corrected chi connectivity index (χ2v) is 2.54. The lowest BCUT2D eigenvalue weighted by Gasteiger charge is -2.02. The van der Waals surface area contributed by atoms with Gasteiger partial charge in [0.2, 0.25) is 5.96 Å². The van der Waals surface area contributed by atoms with Crippen LogP contribution in [0.25, 0.3) is 0 Å². The van der Waals surface area contributed by atoms with E-state index in [1.807, 2.05) is 0 Å². The molecule has 0 unspecified atom stereocenters. The molecule has 2 rings (SSSR count). The minimum atomic E-state index is 0. The third-order valence-corrected chi connectivity index (χ3v) is 1.61. The van der Waals surface area contributed by atoms with Crippen LogP contribution in [0.1, 0.15) is 0 Å². The quantitative estimate of drug-likeness (QED) is 0.572. The van der Waals surface area contributed by atoms with Crippen molar-refractivity contribution in [1.82, 2.24) is 15.1 Å². The highest BCUT2D eigenvalue weighted by atomic mass is 79.9. The summed E-state index contributed by atoms with van der Waals surface area (Å²) in [6, 6.07) is 1.60. The number of hydrogen-bond donors (Lipinski definition) is 3. The van der Waals surface area contributed by atoms with Crippen LogP contribution in [0.5, 0.6) is 0 Å². The fourth-order valence-electron chi connectivity index (χ4n) is 1.11. The Morgan fingerprint density at radius 1 is 1.46 bits per heavy atom. The predicted molar refractivity (Wildman–Crippen MR) is 57.1 cm³/mol. The van der Waals surface area contributed by atoms with E-state index in [0.29, 0.717) is 17.6 Å². The van der Waals surface area contributed by atoms with Crippen LogP contribution in [0.2, 0.25) is 0 Å². The minimum Gasteiger partial charge on any atom is -0.383 e. The zero-order chi connectivity index (χ0) is 8.55. The maximum Gasteiger partial charge on any atom is 0.221 e. The Labute approximate surface area is 85.8 Å². The van der Waals surface area contributed by atoms with E-state index < -0.39 is 0 Å². The van der Waals surface area contributed by atoms with Crippen molar-refractivity contribution >= 4 is 34.6 Å². The van der Waals surface area contributed by atoms with E-state index in [1.165, 1.54) is 4.68 Å². The summed E-state index contributed by atoms with van der Waals surface area (Å²) in [4.78, 5) is 4.15. The van der Waals surface area contributed by atoms with Crippen LogP contribution in [-0.4, -0.2) is 28.8 Å². The van der Waals surface area contributed by atoms with Gasteiger partial charge >= 0.3 is 0 Å². The number of anilines is 2. The van der Waals surface area contributed by atoms with Crippen molar-refractivity contribution in [2.45, 2.75) is 0 Å². The lowest BCUT2D eigenvalue weighted by atomic mass is 10.6. The molecule has 0 fully saturated rings. The van der Waals surface area contributed by atoms with Gasteiger partial charge in [-0.1, -0.05) is 0 Å². The molecular weight excluding hydrogens is 236 g/mol. The van der Waals surface area contributed by atoms with Gasteiger partial charge in [0.1, 0.15) is 11.6 Å². The van der Waals surface area contributed by atoms with E-state index in [2.05, 4.69) is 15.4 Å². The molecule has 0 saturated heterocycles. The van der Waals surface area contributed by atoms with Crippen molar-refractivity contribution in [3.05, 3.63) is 6.07 Å². The van der Waals surface area contributed by atoms with E-state index in [0.717, 1.165) is 13.1 Å². The van der Waals surface area contributed by atoms with Crippen LogP contribution in [0.3, 0.4) is 0 Å². The summed E-state index contributed by atoms with van der Waals surface area (Å²) in [5, 5.41) is 7.01. The topological polar surface area (TPSA) is 94.2 Å². The first kappa shape index (κ1) is 9.85. The zero-order valence-electron chi connectivity index (χ0n) is 6.90. The molecule has 72 valence electrons. The molecule has 0 aromatic carbocycles. The number of nitrogens with two attached hydrogens (primary N) is 2. The summed E-state index contributed by atoms with van der Waals surface area (Å²) in [6.07, 6.45) is 0. The molecule has 0 spiro atoms. The van der Waals surface area contributed by atoms with Gasteiger partial charge in [-0.3, -0.25) is 0 Å². The van der Waals surface area contributed by atoms with E-state index in [9.17, 15) is 0 Å². The Morgan fingerprint density at radius 2 is 2.23 bits per heavy atom. The van der Waals surface area contributed by atoms with Crippen LogP contribution >= 0.6 is 17.0 Å². The highest BCUT2D eigenvalue weighted by molar-refractivity contribution is 8.93. The van der Waals surface area contributed by atoms with Crippen LogP contribution in [0, 0.1) is 0 Å². The SMILES string of the molecule is Br.Nc1cc(N)n(C2=NCCN2)n1. The number of hydrogen-bond acceptors (Lipinski definition) is 5. The zero-order valence-corrected chi connectivity index (χ0v) is 8.61. The van der Waals surface area contributed by atoms with Crippen molar-refractivity contribution in [2.75, 3.05) is 24.6 Å². The van der Waals surface area contributed by atoms with E-state index in [-0.39, 0.29) is 17.0 Å². The highest BCUT2D eigenvalue weighted by Crippen LogP contribution is 2.07. The van der Waals surface area contributed by atoms with Gasteiger partial charge in [0.25, 0.3) is 0 Å². The summed E-state index contributed by atoms with van der Waals surface area (Å²) in [7, 11) is 0. The molecule has 1 aromatic rings. The molecule has 0 aliphatic carbocycles. The van der Waals surface area contributed by atoms with Gasteiger partial charge in [-0.05, 0) is 0 Å². The van der Waals surface area contributed by atoms with Crippen molar-refractivity contribution in [3.63, 3.8) is 0 Å². The summed E-state index contributed by atoms with van der Waals surface area (Å²) in [6.45, 7) is 1.59. The smallest absolute Gasteiger partial charge is 0.221 e. The number of nitrogens with zero attached hydrogens (tertiary/aromatic N) is 3. The number of rotatable bonds is 0. The molecule has 0 atom stereocenters. The van der Waals surface area contributed by atoms with Crippen LogP contribution < -0.4 is 16.8 Å². The molecule has 13 heavy (non-hydrogen) atoms. The Morgan fingerprint density at radius 3 is 2.69 bits per heavy atom. The van der Waals surface area contributed by atoms with Gasteiger partial charge < -0.3 is 16.8 Å². The first-order valence-electron chi connectivity index (χ1n) is 3.67. The molecule has 2 heterocycles. The summed E-state index contributed by atoms with van der Waals surface area (Å²) < 4.78 is 1.50. The molecular formula is C6H11BrN6. The van der Waals surface area contributed by atoms with Crippen molar-refractivity contribution < 1.29 is 0 Å². The molecule has 0 radical (unpaired) electrons. The van der Waals surface area contributed by atoms with E-state index in [4.69, 9.17) is 11.5 Å². The standard InChI is InChI=1S/C6H10N6.BrH/c7-4-3-5(8)12(11-4)6-9-1-2-10-6;/h3H,1-2,8H2,(H2,7,11)(H,9,10);1H. The largest absolute Gasteiger partial charge is 0.383 e. The highest BCUT2D eigenvalue weighted by Gasteiger charge is 2.11. The third kappa shape index (κ3) is 1.74. The normalized spacial score (nSPS) is 14.6. The first-order chi connectivity index (χ1) is 5.77. The number of nitrogen functional groups attached to an aromatic ring is 2. The predicted octanol–water partition coefficient (Wildman–Crippen LogP) is -0.567. The molecule has 1 aliphatic heterocycles. The Kier molecular flexibility index (Phi) is 2.76. The molecule has 1 aromatic heterocycles. The number of aliphatic imine (C=N–C) groups is 1. The number of halogens is 1. The molecule has 0 saturated carbocycles. The molecule has 1 aliphatic rings. The molecule has 7 heteroatoms. The van der Waals surface area contributed by atoms with E-state index >= 15 is 0 Å². The Balaban J connectivity index is 0.000000845. The van der Waals surface area contributed by atoms with Gasteiger partial charge in [0.15, 0.2) is 0 Å². The molecule has 0 bridgehead atoms. The Hall–Kier alpha value is -1.24. The maximum absolute atomic E-state index is 5.62. The molecule has 0 amide bonds. The van der Waals surface area contributed by atoms with Crippen molar-refractivity contribution in [1.29, 1.82) is 0 Å². The number of aromatic nitrogens is 2. The monoisotopic (exact) mass is 246 g/mol. The third-order valence-electron chi connectivity index (χ3n) is 1.61. The fourth-order valence-corrected chi connectivity index (χ4v) is 1.11. The van der Waals surface area contributed by atoms with Gasteiger partial charge in [-0.15, -0.1) is 22.1 Å². The lowest BCUT2D eigenvalue weighted by molar-refractivity contribution is 0.885. The van der Waals surface area contributed by atoms with Crippen molar-refractivity contribution in [3.8, 4) is 0 Å². The second-order valence-electron chi connectivity index (χ2n) is 2.54. The lowest BCUT2D eigenvalue weighted by Crippen LogP contribution is -2.28. The van der Waals surface area contributed by atoms with Gasteiger partial charge in [0, 0.05) is 12.6 Å². The van der Waals surface area contributed by atoms with Crippen LogP contribution in [0.4, 0.5) is 11.6 Å². The van der Waals surface area contributed by atoms with Gasteiger partial charge in [-0.25, -0.2) is 4.99 Å². The van der Waals surface area contributed by atoms with Crippen molar-refractivity contribution in [2.24, 2.45) is 4.99 Å². The van der Waals surface area contributed by atoms with Gasteiger partial charge in [-0.2, -0.15) is 4.68 Å². The molecule has 6 nitrogen and oxygen atoms in total. The average molecular weight is 247 g/mol. The summed E-state index contributed by atoms with van der Waals surface area (Å²) in [5.74, 6) is 1.58. The summed E-state index contributed by atoms with van der Waals surface area (Å²) >= 11 is 0. The van der Waals surface area contributed by atoms with Crippen LogP contribution in [-0.2, 0) is 0 Å².